The van der Waals surface area contributed by atoms with E-state index in [9.17, 15) is 9.18 Å². The topological polar surface area (TPSA) is 35.5 Å². The Hall–Kier alpha value is -2.36. The summed E-state index contributed by atoms with van der Waals surface area (Å²) in [5.74, 6) is 0.368. The first kappa shape index (κ1) is 15.0. The minimum absolute atomic E-state index is 0.0379. The average molecular weight is 288 g/mol. The molecule has 0 heterocycles. The molecule has 3 nitrogen and oxygen atoms in total. The van der Waals surface area contributed by atoms with Crippen LogP contribution in [0.25, 0.3) is 0 Å². The van der Waals surface area contributed by atoms with Gasteiger partial charge in [-0.05, 0) is 42.3 Å². The van der Waals surface area contributed by atoms with Gasteiger partial charge in [0.2, 0.25) is 0 Å². The number of rotatable bonds is 6. The number of benzene rings is 2. The molecule has 0 spiro atoms. The monoisotopic (exact) mass is 288 g/mol. The van der Waals surface area contributed by atoms with Gasteiger partial charge in [0.05, 0.1) is 14.2 Å². The molecule has 2 rings (SSSR count). The maximum absolute atomic E-state index is 13.3. The molecule has 4 heteroatoms. The highest BCUT2D eigenvalue weighted by molar-refractivity contribution is 5.96. The van der Waals surface area contributed by atoms with Gasteiger partial charge in [-0.15, -0.1) is 0 Å². The van der Waals surface area contributed by atoms with Gasteiger partial charge in [0.15, 0.2) is 17.3 Å². The highest BCUT2D eigenvalue weighted by Crippen LogP contribution is 2.20. The van der Waals surface area contributed by atoms with E-state index in [-0.39, 0.29) is 11.5 Å². The Morgan fingerprint density at radius 3 is 2.38 bits per heavy atom. The second kappa shape index (κ2) is 6.88. The van der Waals surface area contributed by atoms with Crippen molar-refractivity contribution < 1.29 is 18.7 Å². The molecule has 0 N–H and O–H groups in total. The van der Waals surface area contributed by atoms with E-state index in [0.29, 0.717) is 18.4 Å². The van der Waals surface area contributed by atoms with Crippen LogP contribution in [0.1, 0.15) is 22.3 Å². The molecule has 0 aliphatic heterocycles. The van der Waals surface area contributed by atoms with E-state index in [0.717, 1.165) is 11.3 Å². The third-order valence-corrected chi connectivity index (χ3v) is 3.27. The molecule has 110 valence electrons. The van der Waals surface area contributed by atoms with Gasteiger partial charge < -0.3 is 9.47 Å². The molecular formula is C17H17FO3. The van der Waals surface area contributed by atoms with Crippen LogP contribution >= 0.6 is 0 Å². The zero-order valence-electron chi connectivity index (χ0n) is 12.1. The zero-order chi connectivity index (χ0) is 15.2. The third kappa shape index (κ3) is 3.81. The van der Waals surface area contributed by atoms with E-state index < -0.39 is 5.82 Å². The first-order chi connectivity index (χ1) is 10.1. The summed E-state index contributed by atoms with van der Waals surface area (Å²) >= 11 is 0. The highest BCUT2D eigenvalue weighted by Gasteiger charge is 2.10. The molecule has 2 aromatic carbocycles. The number of halogens is 1. The lowest BCUT2D eigenvalue weighted by molar-refractivity contribution is 0.0982. The summed E-state index contributed by atoms with van der Waals surface area (Å²) in [6.45, 7) is 0. The summed E-state index contributed by atoms with van der Waals surface area (Å²) < 4.78 is 23.3. The van der Waals surface area contributed by atoms with E-state index >= 15 is 0 Å². The van der Waals surface area contributed by atoms with Crippen LogP contribution < -0.4 is 9.47 Å². The molecule has 0 unspecified atom stereocenters. The predicted octanol–water partition coefficient (Wildman–Crippen LogP) is 3.66. The first-order valence-electron chi connectivity index (χ1n) is 6.63. The van der Waals surface area contributed by atoms with Gasteiger partial charge in [0.25, 0.3) is 0 Å². The molecule has 2 aromatic rings. The lowest BCUT2D eigenvalue weighted by Crippen LogP contribution is -2.02. The maximum atomic E-state index is 13.3. The predicted molar refractivity (Wildman–Crippen MR) is 78.6 cm³/mol. The van der Waals surface area contributed by atoms with E-state index in [1.54, 1.807) is 7.11 Å². The Bertz CT molecular complexity index is 620. The number of Topliss-reactive ketones (excluding diaryl/α,β-unsaturated/α-hetero) is 1. The number of hydrogen-bond donors (Lipinski definition) is 0. The summed E-state index contributed by atoms with van der Waals surface area (Å²) in [5.41, 5.74) is 1.51. The summed E-state index contributed by atoms with van der Waals surface area (Å²) in [6, 6.07) is 11.7. The van der Waals surface area contributed by atoms with Crippen LogP contribution in [0.3, 0.4) is 0 Å². The number of aryl methyl sites for hydroxylation is 1. The summed E-state index contributed by atoms with van der Waals surface area (Å²) in [5, 5.41) is 0. The van der Waals surface area contributed by atoms with Crippen molar-refractivity contribution in [3.63, 3.8) is 0 Å². The van der Waals surface area contributed by atoms with Crippen molar-refractivity contribution in [2.24, 2.45) is 0 Å². The molecule has 0 saturated carbocycles. The van der Waals surface area contributed by atoms with Crippen LogP contribution in [0.4, 0.5) is 4.39 Å². The molecule has 0 saturated heterocycles. The minimum atomic E-state index is -0.468. The second-order valence-electron chi connectivity index (χ2n) is 4.62. The molecule has 0 aromatic heterocycles. The van der Waals surface area contributed by atoms with E-state index in [4.69, 9.17) is 9.47 Å². The Morgan fingerprint density at radius 2 is 1.76 bits per heavy atom. The van der Waals surface area contributed by atoms with E-state index in [2.05, 4.69) is 0 Å². The van der Waals surface area contributed by atoms with Crippen LogP contribution in [0.5, 0.6) is 11.5 Å². The van der Waals surface area contributed by atoms with Crippen molar-refractivity contribution in [1.29, 1.82) is 0 Å². The second-order valence-corrected chi connectivity index (χ2v) is 4.62. The standard InChI is InChI=1S/C17H17FO3/c1-20-14-7-3-12(4-8-14)5-10-16(19)13-6-9-15(18)17(11-13)21-2/h3-4,6-9,11H,5,10H2,1-2H3. The lowest BCUT2D eigenvalue weighted by atomic mass is 10.0. The zero-order valence-corrected chi connectivity index (χ0v) is 12.1. The Labute approximate surface area is 123 Å². The fraction of sp³-hybridized carbons (Fsp3) is 0.235. The van der Waals surface area contributed by atoms with Gasteiger partial charge in [-0.25, -0.2) is 4.39 Å². The number of carbonyl (C=O) groups excluding carboxylic acids is 1. The smallest absolute Gasteiger partial charge is 0.165 e. The molecule has 0 aliphatic carbocycles. The molecule has 0 radical (unpaired) electrons. The molecule has 0 fully saturated rings. The lowest BCUT2D eigenvalue weighted by Gasteiger charge is -2.06. The van der Waals surface area contributed by atoms with Gasteiger partial charge in [-0.2, -0.15) is 0 Å². The summed E-state index contributed by atoms with van der Waals surface area (Å²) in [7, 11) is 2.99. The molecule has 21 heavy (non-hydrogen) atoms. The highest BCUT2D eigenvalue weighted by atomic mass is 19.1. The first-order valence-corrected chi connectivity index (χ1v) is 6.63. The largest absolute Gasteiger partial charge is 0.497 e. The van der Waals surface area contributed by atoms with Crippen LogP contribution in [0.2, 0.25) is 0 Å². The van der Waals surface area contributed by atoms with E-state index in [1.165, 1.54) is 25.3 Å². The molecule has 0 amide bonds. The molecular weight excluding hydrogens is 271 g/mol. The third-order valence-electron chi connectivity index (χ3n) is 3.27. The number of methoxy groups -OCH3 is 2. The van der Waals surface area contributed by atoms with Crippen molar-refractivity contribution in [1.82, 2.24) is 0 Å². The van der Waals surface area contributed by atoms with Crippen LogP contribution in [-0.4, -0.2) is 20.0 Å². The van der Waals surface area contributed by atoms with Crippen molar-refractivity contribution in [3.8, 4) is 11.5 Å². The normalized spacial score (nSPS) is 10.2. The van der Waals surface area contributed by atoms with Crippen molar-refractivity contribution in [3.05, 3.63) is 59.4 Å². The summed E-state index contributed by atoms with van der Waals surface area (Å²) in [4.78, 5) is 12.1. The maximum Gasteiger partial charge on any atom is 0.165 e. The van der Waals surface area contributed by atoms with Crippen molar-refractivity contribution >= 4 is 5.78 Å². The van der Waals surface area contributed by atoms with Gasteiger partial charge in [-0.1, -0.05) is 12.1 Å². The average Bonchev–Trinajstić information content (AvgIpc) is 2.53. The molecule has 0 bridgehead atoms. The van der Waals surface area contributed by atoms with Crippen molar-refractivity contribution in [2.75, 3.05) is 14.2 Å². The van der Waals surface area contributed by atoms with Gasteiger partial charge >= 0.3 is 0 Å². The minimum Gasteiger partial charge on any atom is -0.497 e. The van der Waals surface area contributed by atoms with E-state index in [1.807, 2.05) is 24.3 Å². The van der Waals surface area contributed by atoms with Crippen LogP contribution in [-0.2, 0) is 6.42 Å². The summed E-state index contributed by atoms with van der Waals surface area (Å²) in [6.07, 6.45) is 0.990. The number of ether oxygens (including phenoxy) is 2. The van der Waals surface area contributed by atoms with Crippen LogP contribution in [0, 0.1) is 5.82 Å². The van der Waals surface area contributed by atoms with Gasteiger partial charge in [-0.3, -0.25) is 4.79 Å². The number of carbonyl (C=O) groups is 1. The Kier molecular flexibility index (Phi) is 4.93. The Morgan fingerprint density at radius 1 is 1.05 bits per heavy atom. The van der Waals surface area contributed by atoms with Gasteiger partial charge in [0, 0.05) is 12.0 Å². The molecule has 0 atom stereocenters. The van der Waals surface area contributed by atoms with Crippen molar-refractivity contribution in [2.45, 2.75) is 12.8 Å². The number of ketones is 1. The van der Waals surface area contributed by atoms with Crippen LogP contribution in [0.15, 0.2) is 42.5 Å². The fourth-order valence-corrected chi connectivity index (χ4v) is 2.03. The fourth-order valence-electron chi connectivity index (χ4n) is 2.03. The number of hydrogen-bond acceptors (Lipinski definition) is 3. The van der Waals surface area contributed by atoms with Gasteiger partial charge in [0.1, 0.15) is 5.75 Å². The molecule has 0 aliphatic rings. The SMILES string of the molecule is COc1ccc(CCC(=O)c2ccc(F)c(OC)c2)cc1. The quantitative estimate of drug-likeness (QED) is 0.761. The Balaban J connectivity index is 2.00.